The Morgan fingerprint density at radius 1 is 1.39 bits per heavy atom. The number of ether oxygens (including phenoxy) is 2. The van der Waals surface area contributed by atoms with Gasteiger partial charge in [-0.25, -0.2) is 9.48 Å². The number of benzene rings is 1. The average molecular weight is 317 g/mol. The maximum Gasteiger partial charge on any atom is 0.358 e. The van der Waals surface area contributed by atoms with E-state index in [1.165, 1.54) is 0 Å². The topological polar surface area (TPSA) is 86.5 Å². The minimum Gasteiger partial charge on any atom is -0.494 e. The molecule has 1 fully saturated rings. The molecule has 0 bridgehead atoms. The van der Waals surface area contributed by atoms with Crippen molar-refractivity contribution in [3.05, 3.63) is 41.7 Å². The van der Waals surface area contributed by atoms with E-state index in [9.17, 15) is 9.90 Å². The molecule has 0 amide bonds. The summed E-state index contributed by atoms with van der Waals surface area (Å²) in [6, 6.07) is 9.57. The second-order valence-corrected chi connectivity index (χ2v) is 5.37. The van der Waals surface area contributed by atoms with Gasteiger partial charge >= 0.3 is 5.97 Å². The first-order valence-corrected chi connectivity index (χ1v) is 7.72. The number of hydrogen-bond acceptors (Lipinski definition) is 5. The third-order valence-corrected chi connectivity index (χ3v) is 3.74. The van der Waals surface area contributed by atoms with E-state index >= 15 is 0 Å². The zero-order chi connectivity index (χ0) is 16.1. The number of para-hydroxylation sites is 1. The van der Waals surface area contributed by atoms with E-state index in [-0.39, 0.29) is 11.8 Å². The van der Waals surface area contributed by atoms with E-state index in [0.717, 1.165) is 18.6 Å². The molecule has 3 rings (SSSR count). The number of carboxylic acid groups (broad SMARTS) is 1. The van der Waals surface area contributed by atoms with E-state index in [1.807, 2.05) is 30.3 Å². The summed E-state index contributed by atoms with van der Waals surface area (Å²) in [6.45, 7) is 1.71. The molecule has 1 unspecified atom stereocenters. The highest BCUT2D eigenvalue weighted by atomic mass is 16.5. The van der Waals surface area contributed by atoms with Crippen LogP contribution in [-0.2, 0) is 11.3 Å². The molecular weight excluding hydrogens is 298 g/mol. The van der Waals surface area contributed by atoms with Crippen molar-refractivity contribution >= 4 is 5.97 Å². The predicted octanol–water partition coefficient (Wildman–Crippen LogP) is 2.30. The molecule has 1 saturated heterocycles. The van der Waals surface area contributed by atoms with E-state index in [4.69, 9.17) is 9.47 Å². The molecule has 1 aromatic heterocycles. The largest absolute Gasteiger partial charge is 0.494 e. The van der Waals surface area contributed by atoms with Crippen LogP contribution in [0.3, 0.4) is 0 Å². The number of carboxylic acids is 1. The number of rotatable bonds is 7. The van der Waals surface area contributed by atoms with Crippen molar-refractivity contribution in [3.63, 3.8) is 0 Å². The highest BCUT2D eigenvalue weighted by Gasteiger charge is 2.29. The Hall–Kier alpha value is -2.41. The van der Waals surface area contributed by atoms with Crippen molar-refractivity contribution in [1.82, 2.24) is 15.0 Å². The summed E-state index contributed by atoms with van der Waals surface area (Å²) in [4.78, 5) is 11.3. The molecular formula is C16H19N3O4. The molecule has 7 nitrogen and oxygen atoms in total. The number of aromatic carboxylic acids is 1. The third-order valence-electron chi connectivity index (χ3n) is 3.74. The van der Waals surface area contributed by atoms with E-state index in [2.05, 4.69) is 10.3 Å². The predicted molar refractivity (Wildman–Crippen MR) is 81.5 cm³/mol. The second-order valence-electron chi connectivity index (χ2n) is 5.37. The number of carbonyl (C=O) groups is 1. The molecule has 23 heavy (non-hydrogen) atoms. The summed E-state index contributed by atoms with van der Waals surface area (Å²) in [7, 11) is 0. The Kier molecular flexibility index (Phi) is 4.87. The molecule has 2 heterocycles. The van der Waals surface area contributed by atoms with Crippen molar-refractivity contribution in [2.75, 3.05) is 13.2 Å². The van der Waals surface area contributed by atoms with Gasteiger partial charge in [0.25, 0.3) is 0 Å². The zero-order valence-corrected chi connectivity index (χ0v) is 12.7. The van der Waals surface area contributed by atoms with E-state index in [0.29, 0.717) is 31.9 Å². The summed E-state index contributed by atoms with van der Waals surface area (Å²) < 4.78 is 12.9. The lowest BCUT2D eigenvalue weighted by Crippen LogP contribution is -2.14. The standard InChI is InChI=1S/C16H19N3O4/c20-16(21)14-15(13-8-4-10-23-13)19(18-17-14)9-5-11-22-12-6-2-1-3-7-12/h1-3,6-7,13H,4-5,8-11H2,(H,20,21). The molecule has 1 N–H and O–H groups in total. The summed E-state index contributed by atoms with van der Waals surface area (Å²) in [6.07, 6.45) is 2.20. The lowest BCUT2D eigenvalue weighted by atomic mass is 10.1. The Bertz CT molecular complexity index is 651. The van der Waals surface area contributed by atoms with Gasteiger partial charge in [-0.3, -0.25) is 0 Å². The van der Waals surface area contributed by atoms with Gasteiger partial charge in [-0.1, -0.05) is 23.4 Å². The summed E-state index contributed by atoms with van der Waals surface area (Å²) >= 11 is 0. The second kappa shape index (κ2) is 7.23. The number of aromatic nitrogens is 3. The lowest BCUT2D eigenvalue weighted by molar-refractivity contribution is 0.0671. The van der Waals surface area contributed by atoms with Crippen LogP contribution < -0.4 is 4.74 Å². The summed E-state index contributed by atoms with van der Waals surface area (Å²) in [5, 5.41) is 17.0. The van der Waals surface area contributed by atoms with Gasteiger partial charge in [-0.15, -0.1) is 5.10 Å². The van der Waals surface area contributed by atoms with Crippen LogP contribution in [0.4, 0.5) is 0 Å². The van der Waals surface area contributed by atoms with Crippen molar-refractivity contribution < 1.29 is 19.4 Å². The fraction of sp³-hybridized carbons (Fsp3) is 0.438. The first kappa shape index (κ1) is 15.5. The molecule has 0 spiro atoms. The molecule has 1 aromatic carbocycles. The monoisotopic (exact) mass is 317 g/mol. The Balaban J connectivity index is 1.62. The van der Waals surface area contributed by atoms with Crippen molar-refractivity contribution in [3.8, 4) is 5.75 Å². The van der Waals surface area contributed by atoms with Crippen LogP contribution >= 0.6 is 0 Å². The molecule has 122 valence electrons. The first-order chi connectivity index (χ1) is 11.3. The van der Waals surface area contributed by atoms with Gasteiger partial charge in [0, 0.05) is 19.6 Å². The van der Waals surface area contributed by atoms with Crippen LogP contribution in [-0.4, -0.2) is 39.3 Å². The fourth-order valence-electron chi connectivity index (χ4n) is 2.67. The van der Waals surface area contributed by atoms with Crippen LogP contribution in [0.15, 0.2) is 30.3 Å². The minimum atomic E-state index is -1.07. The molecule has 1 aliphatic heterocycles. The third kappa shape index (κ3) is 3.68. The first-order valence-electron chi connectivity index (χ1n) is 7.72. The van der Waals surface area contributed by atoms with Gasteiger partial charge in [-0.05, 0) is 25.0 Å². The molecule has 1 aliphatic rings. The summed E-state index contributed by atoms with van der Waals surface area (Å²) in [5.74, 6) is -0.251. The van der Waals surface area contributed by atoms with Gasteiger partial charge in [0.15, 0.2) is 5.69 Å². The number of aryl methyl sites for hydroxylation is 1. The average Bonchev–Trinajstić information content (AvgIpc) is 3.21. The quantitative estimate of drug-likeness (QED) is 0.789. The van der Waals surface area contributed by atoms with Gasteiger partial charge in [-0.2, -0.15) is 0 Å². The summed E-state index contributed by atoms with van der Waals surface area (Å²) in [5.41, 5.74) is 0.551. The van der Waals surface area contributed by atoms with Gasteiger partial charge in [0.2, 0.25) is 0 Å². The maximum absolute atomic E-state index is 11.3. The highest BCUT2D eigenvalue weighted by Crippen LogP contribution is 2.30. The number of hydrogen-bond donors (Lipinski definition) is 1. The smallest absolute Gasteiger partial charge is 0.358 e. The fourth-order valence-corrected chi connectivity index (χ4v) is 2.67. The Morgan fingerprint density at radius 2 is 2.22 bits per heavy atom. The van der Waals surface area contributed by atoms with Crippen LogP contribution in [0.5, 0.6) is 5.75 Å². The Morgan fingerprint density at radius 3 is 2.91 bits per heavy atom. The van der Waals surface area contributed by atoms with Gasteiger partial charge in [0.1, 0.15) is 17.5 Å². The molecule has 7 heteroatoms. The number of nitrogens with zero attached hydrogens (tertiary/aromatic N) is 3. The van der Waals surface area contributed by atoms with Crippen LogP contribution in [0.2, 0.25) is 0 Å². The maximum atomic E-state index is 11.3. The molecule has 0 radical (unpaired) electrons. The lowest BCUT2D eigenvalue weighted by Gasteiger charge is -2.13. The van der Waals surface area contributed by atoms with E-state index < -0.39 is 5.97 Å². The van der Waals surface area contributed by atoms with Crippen LogP contribution in [0, 0.1) is 0 Å². The molecule has 0 aliphatic carbocycles. The normalized spacial score (nSPS) is 17.3. The molecule has 2 aromatic rings. The van der Waals surface area contributed by atoms with Gasteiger partial charge in [0.05, 0.1) is 6.61 Å². The van der Waals surface area contributed by atoms with Crippen LogP contribution in [0.1, 0.15) is 41.5 Å². The minimum absolute atomic E-state index is 0.0131. The van der Waals surface area contributed by atoms with Gasteiger partial charge < -0.3 is 14.6 Å². The molecule has 1 atom stereocenters. The highest BCUT2D eigenvalue weighted by molar-refractivity contribution is 5.86. The zero-order valence-electron chi connectivity index (χ0n) is 12.7. The Labute approximate surface area is 133 Å². The SMILES string of the molecule is O=C(O)c1nnn(CCCOc2ccccc2)c1C1CCCO1. The van der Waals surface area contributed by atoms with Crippen LogP contribution in [0.25, 0.3) is 0 Å². The van der Waals surface area contributed by atoms with E-state index in [1.54, 1.807) is 4.68 Å². The molecule has 0 saturated carbocycles. The van der Waals surface area contributed by atoms with Crippen molar-refractivity contribution in [2.24, 2.45) is 0 Å². The van der Waals surface area contributed by atoms with Crippen molar-refractivity contribution in [2.45, 2.75) is 31.9 Å². The van der Waals surface area contributed by atoms with Crippen molar-refractivity contribution in [1.29, 1.82) is 0 Å².